The maximum absolute atomic E-state index is 12.6. The van der Waals surface area contributed by atoms with Gasteiger partial charge in [0.05, 0.1) is 12.6 Å². The lowest BCUT2D eigenvalue weighted by atomic mass is 9.55. The van der Waals surface area contributed by atoms with Gasteiger partial charge in [-0.3, -0.25) is 4.79 Å². The maximum Gasteiger partial charge on any atom is 0.315 e. The fourth-order valence-electron chi connectivity index (χ4n) is 5.87. The Hall–Kier alpha value is -0.830. The third-order valence-corrected chi connectivity index (χ3v) is 7.55. The first-order valence-electron chi connectivity index (χ1n) is 11.0. The highest BCUT2D eigenvalue weighted by atomic mass is 16.6. The molecule has 6 atom stereocenters. The number of esters is 1. The van der Waals surface area contributed by atoms with E-state index in [1.807, 2.05) is 0 Å². The molecule has 1 heterocycles. The van der Waals surface area contributed by atoms with Crippen LogP contribution in [0.3, 0.4) is 0 Å². The Labute approximate surface area is 160 Å². The fraction of sp³-hybridized carbons (Fsp3) is 0.870. The van der Waals surface area contributed by atoms with Crippen molar-refractivity contribution in [2.24, 2.45) is 29.1 Å². The molecule has 0 aromatic rings. The van der Waals surface area contributed by atoms with E-state index in [0.29, 0.717) is 23.3 Å². The minimum atomic E-state index is 0.0680. The Morgan fingerprint density at radius 2 is 2.08 bits per heavy atom. The molecule has 2 aliphatic carbocycles. The van der Waals surface area contributed by atoms with Crippen LogP contribution in [0.4, 0.5) is 0 Å². The summed E-state index contributed by atoms with van der Waals surface area (Å²) in [7, 11) is 0. The summed E-state index contributed by atoms with van der Waals surface area (Å²) in [6, 6.07) is 0.596. The van der Waals surface area contributed by atoms with Crippen LogP contribution < -0.4 is 5.32 Å². The predicted octanol–water partition coefficient (Wildman–Crippen LogP) is 4.08. The van der Waals surface area contributed by atoms with Crippen molar-refractivity contribution in [1.29, 1.82) is 0 Å². The van der Waals surface area contributed by atoms with E-state index < -0.39 is 0 Å². The van der Waals surface area contributed by atoms with Crippen molar-refractivity contribution in [3.05, 3.63) is 12.2 Å². The third kappa shape index (κ3) is 4.18. The monoisotopic (exact) mass is 362 g/mol. The molecule has 3 rings (SSSR count). The van der Waals surface area contributed by atoms with E-state index in [9.17, 15) is 4.79 Å². The van der Waals surface area contributed by atoms with Crippen molar-refractivity contribution < 1.29 is 14.8 Å². The average molecular weight is 363 g/mol. The van der Waals surface area contributed by atoms with Crippen LogP contribution in [0.2, 0.25) is 0 Å². The van der Waals surface area contributed by atoms with Gasteiger partial charge < -0.3 is 10.1 Å². The molecule has 3 fully saturated rings. The summed E-state index contributed by atoms with van der Waals surface area (Å²) >= 11 is 0. The molecule has 148 valence electrons. The number of quaternary nitrogens is 1. The van der Waals surface area contributed by atoms with Gasteiger partial charge in [0.2, 0.25) is 0 Å². The van der Waals surface area contributed by atoms with Crippen molar-refractivity contribution in [3.8, 4) is 0 Å². The van der Waals surface area contributed by atoms with Gasteiger partial charge >= 0.3 is 5.97 Å². The van der Waals surface area contributed by atoms with Crippen LogP contribution in [0.5, 0.6) is 0 Å². The van der Waals surface area contributed by atoms with Crippen molar-refractivity contribution in [3.63, 3.8) is 0 Å². The molecule has 0 radical (unpaired) electrons. The first kappa shape index (κ1) is 19.9. The van der Waals surface area contributed by atoms with E-state index >= 15 is 0 Å². The number of carbonyl (C=O) groups excluding carboxylic acids is 1. The molecule has 2 saturated carbocycles. The summed E-state index contributed by atoms with van der Waals surface area (Å²) in [5.41, 5.74) is 1.74. The summed E-state index contributed by atoms with van der Waals surface area (Å²) in [5.74, 6) is 1.95. The van der Waals surface area contributed by atoms with Crippen molar-refractivity contribution in [2.75, 3.05) is 6.54 Å². The van der Waals surface area contributed by atoms with Crippen LogP contribution in [-0.4, -0.2) is 24.7 Å². The normalized spacial score (nSPS) is 38.0. The van der Waals surface area contributed by atoms with Crippen LogP contribution in [-0.2, 0) is 9.53 Å². The Balaban J connectivity index is 1.56. The van der Waals surface area contributed by atoms with Crippen molar-refractivity contribution in [1.82, 2.24) is 0 Å². The topological polar surface area (TPSA) is 42.9 Å². The molecule has 0 aromatic carbocycles. The van der Waals surface area contributed by atoms with Gasteiger partial charge in [-0.25, -0.2) is 0 Å². The van der Waals surface area contributed by atoms with Gasteiger partial charge in [0.1, 0.15) is 12.0 Å². The van der Waals surface area contributed by atoms with Gasteiger partial charge in [0.25, 0.3) is 0 Å². The second-order valence-corrected chi connectivity index (χ2v) is 10.2. The summed E-state index contributed by atoms with van der Waals surface area (Å²) in [5, 5.41) is 2.40. The lowest BCUT2D eigenvalue weighted by Gasteiger charge is -2.49. The first-order chi connectivity index (χ1) is 12.3. The first-order valence-corrected chi connectivity index (χ1v) is 11.0. The number of carbonyl (C=O) groups is 1. The highest BCUT2D eigenvalue weighted by Crippen LogP contribution is 2.56. The van der Waals surface area contributed by atoms with E-state index in [1.54, 1.807) is 0 Å². The fourth-order valence-corrected chi connectivity index (χ4v) is 5.87. The minimum absolute atomic E-state index is 0.0680. The predicted molar refractivity (Wildman–Crippen MR) is 106 cm³/mol. The third-order valence-electron chi connectivity index (χ3n) is 7.55. The van der Waals surface area contributed by atoms with Gasteiger partial charge in [-0.05, 0) is 69.1 Å². The van der Waals surface area contributed by atoms with Gasteiger partial charge in [0.15, 0.2) is 0 Å². The van der Waals surface area contributed by atoms with Crippen molar-refractivity contribution >= 4 is 5.97 Å². The molecule has 0 unspecified atom stereocenters. The lowest BCUT2D eigenvalue weighted by molar-refractivity contribution is -0.690. The molecule has 2 N–H and O–H groups in total. The highest BCUT2D eigenvalue weighted by Gasteiger charge is 2.55. The molecular weight excluding hydrogens is 322 g/mol. The number of fused-ring (bicyclic) bond motifs is 2. The van der Waals surface area contributed by atoms with E-state index in [2.05, 4.69) is 39.6 Å². The number of rotatable bonds is 7. The van der Waals surface area contributed by atoms with Gasteiger partial charge in [-0.1, -0.05) is 39.3 Å². The van der Waals surface area contributed by atoms with E-state index in [0.717, 1.165) is 25.3 Å². The highest BCUT2D eigenvalue weighted by molar-refractivity contribution is 5.75. The smallest absolute Gasteiger partial charge is 0.315 e. The van der Waals surface area contributed by atoms with Gasteiger partial charge in [-0.2, -0.15) is 0 Å². The number of nitrogens with two attached hydrogens (primary N) is 1. The zero-order valence-corrected chi connectivity index (χ0v) is 17.4. The van der Waals surface area contributed by atoms with Crippen molar-refractivity contribution in [2.45, 2.75) is 91.2 Å². The Bertz CT molecular complexity index is 528. The second kappa shape index (κ2) is 8.04. The average Bonchev–Trinajstić information content (AvgIpc) is 2.84. The Kier molecular flexibility index (Phi) is 6.16. The summed E-state index contributed by atoms with van der Waals surface area (Å²) in [4.78, 5) is 12.6. The van der Waals surface area contributed by atoms with Gasteiger partial charge in [0, 0.05) is 5.92 Å². The lowest BCUT2D eigenvalue weighted by Crippen LogP contribution is -2.90. The zero-order valence-electron chi connectivity index (χ0n) is 17.4. The Morgan fingerprint density at radius 3 is 2.81 bits per heavy atom. The largest absolute Gasteiger partial charge is 0.462 e. The van der Waals surface area contributed by atoms with Crippen LogP contribution in [0, 0.1) is 29.1 Å². The van der Waals surface area contributed by atoms with Gasteiger partial charge in [-0.15, -0.1) is 0 Å². The summed E-state index contributed by atoms with van der Waals surface area (Å²) < 4.78 is 5.88. The van der Waals surface area contributed by atoms with Crippen LogP contribution in [0.25, 0.3) is 0 Å². The maximum atomic E-state index is 12.6. The molecule has 3 nitrogen and oxygen atoms in total. The molecule has 0 amide bonds. The quantitative estimate of drug-likeness (QED) is 0.548. The second-order valence-electron chi connectivity index (χ2n) is 10.2. The molecule has 0 spiro atoms. The summed E-state index contributed by atoms with van der Waals surface area (Å²) in [6.07, 6.45) is 9.85. The number of ether oxygens (including phenoxy) is 1. The Morgan fingerprint density at radius 1 is 1.31 bits per heavy atom. The molecule has 3 aliphatic rings. The SMILES string of the molecule is C=C1CCC[C@@]2(C)C[C@@H]3OC(=O)[C@@H](C[NH2+][C@H](C)CCCC(C)C)[C@H]3C[C@H]12. The van der Waals surface area contributed by atoms with Crippen LogP contribution in [0.1, 0.15) is 79.1 Å². The molecule has 26 heavy (non-hydrogen) atoms. The van der Waals surface area contributed by atoms with E-state index in [4.69, 9.17) is 4.74 Å². The van der Waals surface area contributed by atoms with Crippen LogP contribution in [0.15, 0.2) is 12.2 Å². The molecule has 1 aliphatic heterocycles. The number of hydrogen-bond donors (Lipinski definition) is 1. The minimum Gasteiger partial charge on any atom is -0.462 e. The summed E-state index contributed by atoms with van der Waals surface area (Å²) in [6.45, 7) is 14.6. The number of hydrogen-bond acceptors (Lipinski definition) is 2. The molecule has 0 aromatic heterocycles. The van der Waals surface area contributed by atoms with E-state index in [1.165, 1.54) is 44.1 Å². The van der Waals surface area contributed by atoms with Crippen LogP contribution >= 0.6 is 0 Å². The number of allylic oxidation sites excluding steroid dienone is 1. The zero-order chi connectivity index (χ0) is 18.9. The molecule has 3 heteroatoms. The molecule has 1 saturated heterocycles. The standard InChI is InChI=1S/C23H39NO2/c1-15(2)8-6-10-17(4)24-14-19-18-12-20-16(3)9-7-11-23(20,5)13-21(18)26-22(19)25/h15,17-21,24H,3,6-14H2,1-2,4-5H3/p+1/t17-,18-,19+,20-,21+,23+/m1/s1. The molecule has 0 bridgehead atoms. The van der Waals surface area contributed by atoms with E-state index in [-0.39, 0.29) is 18.0 Å². The molecular formula is C23H40NO2+.